The predicted molar refractivity (Wildman–Crippen MR) is 104 cm³/mol. The molecular formula is C22H22N2O3. The lowest BCUT2D eigenvalue weighted by Gasteiger charge is -2.26. The monoisotopic (exact) mass is 362 g/mol. The number of likely N-dealkylation sites (tertiary alicyclic amines) is 1. The molecular weight excluding hydrogens is 340 g/mol. The smallest absolute Gasteiger partial charge is 0.237 e. The van der Waals surface area contributed by atoms with Gasteiger partial charge in [-0.15, -0.1) is 0 Å². The molecule has 5 nitrogen and oxygen atoms in total. The number of hydrogen-bond acceptors (Lipinski definition) is 4. The number of rotatable bonds is 4. The van der Waals surface area contributed by atoms with Gasteiger partial charge >= 0.3 is 0 Å². The summed E-state index contributed by atoms with van der Waals surface area (Å²) < 4.78 is 11.8. The van der Waals surface area contributed by atoms with Gasteiger partial charge in [0.2, 0.25) is 5.91 Å². The number of fused-ring (bicyclic) bond motifs is 3. The van der Waals surface area contributed by atoms with Gasteiger partial charge in [-0.05, 0) is 31.0 Å². The highest BCUT2D eigenvalue weighted by molar-refractivity contribution is 5.97. The fourth-order valence-electron chi connectivity index (χ4n) is 4.54. The Bertz CT molecular complexity index is 1020. The molecule has 3 heterocycles. The van der Waals surface area contributed by atoms with E-state index >= 15 is 0 Å². The number of furan rings is 1. The second-order valence-corrected chi connectivity index (χ2v) is 7.45. The lowest BCUT2D eigenvalue weighted by atomic mass is 10.0. The van der Waals surface area contributed by atoms with Crippen LogP contribution in [0.5, 0.6) is 5.75 Å². The Morgan fingerprint density at radius 3 is 2.78 bits per heavy atom. The Balaban J connectivity index is 1.56. The van der Waals surface area contributed by atoms with E-state index in [2.05, 4.69) is 34.5 Å². The highest BCUT2D eigenvalue weighted by Gasteiger charge is 2.43. The van der Waals surface area contributed by atoms with E-state index in [1.165, 1.54) is 0 Å². The fourth-order valence-corrected chi connectivity index (χ4v) is 4.54. The lowest BCUT2D eigenvalue weighted by molar-refractivity contribution is -0.125. The molecule has 5 rings (SSSR count). The van der Waals surface area contributed by atoms with Crippen molar-refractivity contribution in [3.05, 3.63) is 53.8 Å². The molecule has 0 unspecified atom stereocenters. The summed E-state index contributed by atoms with van der Waals surface area (Å²) >= 11 is 0. The van der Waals surface area contributed by atoms with Crippen molar-refractivity contribution in [3.8, 4) is 16.9 Å². The van der Waals surface area contributed by atoms with E-state index in [0.717, 1.165) is 52.1 Å². The average molecular weight is 362 g/mol. The number of hydrogen-bond donors (Lipinski definition) is 1. The van der Waals surface area contributed by atoms with Crippen molar-refractivity contribution < 1.29 is 13.9 Å². The van der Waals surface area contributed by atoms with Crippen molar-refractivity contribution >= 4 is 16.9 Å². The normalized spacial score (nSPS) is 21.8. The number of nitrogens with zero attached hydrogens (tertiary/aromatic N) is 1. The summed E-state index contributed by atoms with van der Waals surface area (Å²) in [6.07, 6.45) is 0.904. The summed E-state index contributed by atoms with van der Waals surface area (Å²) in [7, 11) is 1.70. The van der Waals surface area contributed by atoms with Gasteiger partial charge in [0, 0.05) is 35.6 Å². The summed E-state index contributed by atoms with van der Waals surface area (Å²) in [6, 6.07) is 14.7. The van der Waals surface area contributed by atoms with Gasteiger partial charge in [0.05, 0.1) is 13.2 Å². The summed E-state index contributed by atoms with van der Waals surface area (Å²) in [5, 5.41) is 4.08. The molecule has 2 atom stereocenters. The van der Waals surface area contributed by atoms with Crippen LogP contribution in [0.15, 0.2) is 46.9 Å². The number of nitrogens with one attached hydrogen (secondary N) is 1. The third kappa shape index (κ3) is 2.61. The number of aryl methyl sites for hydroxylation is 1. The van der Waals surface area contributed by atoms with Gasteiger partial charge in [-0.1, -0.05) is 30.3 Å². The van der Waals surface area contributed by atoms with Crippen LogP contribution >= 0.6 is 0 Å². The van der Waals surface area contributed by atoms with E-state index in [1.54, 1.807) is 7.11 Å². The Morgan fingerprint density at radius 1 is 1.26 bits per heavy atom. The zero-order valence-corrected chi connectivity index (χ0v) is 15.5. The molecule has 0 spiro atoms. The van der Waals surface area contributed by atoms with Crippen molar-refractivity contribution in [2.75, 3.05) is 13.7 Å². The van der Waals surface area contributed by atoms with Crippen LogP contribution in [0.1, 0.15) is 17.7 Å². The maximum Gasteiger partial charge on any atom is 0.237 e. The highest BCUT2D eigenvalue weighted by atomic mass is 16.5. The summed E-state index contributed by atoms with van der Waals surface area (Å²) in [4.78, 5) is 14.2. The minimum atomic E-state index is -0.0198. The van der Waals surface area contributed by atoms with Crippen LogP contribution in [0.3, 0.4) is 0 Å². The molecule has 2 aliphatic heterocycles. The highest BCUT2D eigenvalue weighted by Crippen LogP contribution is 2.39. The zero-order chi connectivity index (χ0) is 18.5. The third-order valence-electron chi connectivity index (χ3n) is 5.76. The maximum absolute atomic E-state index is 12.0. The number of benzene rings is 2. The Hall–Kier alpha value is -2.79. The molecule has 2 saturated heterocycles. The van der Waals surface area contributed by atoms with Crippen LogP contribution in [-0.4, -0.2) is 36.5 Å². The van der Waals surface area contributed by atoms with Crippen molar-refractivity contribution in [1.82, 2.24) is 10.2 Å². The minimum absolute atomic E-state index is 0.0198. The van der Waals surface area contributed by atoms with E-state index in [9.17, 15) is 4.79 Å². The van der Waals surface area contributed by atoms with E-state index in [1.807, 2.05) is 25.1 Å². The molecule has 0 radical (unpaired) electrons. The van der Waals surface area contributed by atoms with Gasteiger partial charge in [-0.3, -0.25) is 9.69 Å². The van der Waals surface area contributed by atoms with E-state index in [4.69, 9.17) is 9.15 Å². The van der Waals surface area contributed by atoms with E-state index < -0.39 is 0 Å². The second-order valence-electron chi connectivity index (χ2n) is 7.45. The summed E-state index contributed by atoms with van der Waals surface area (Å²) in [5.74, 6) is 1.88. The van der Waals surface area contributed by atoms with Crippen LogP contribution in [0, 0.1) is 6.92 Å². The van der Waals surface area contributed by atoms with Crippen LogP contribution in [-0.2, 0) is 11.3 Å². The van der Waals surface area contributed by atoms with Crippen molar-refractivity contribution in [3.63, 3.8) is 0 Å². The summed E-state index contributed by atoms with van der Waals surface area (Å²) in [6.45, 7) is 3.58. The van der Waals surface area contributed by atoms with Crippen LogP contribution in [0.2, 0.25) is 0 Å². The van der Waals surface area contributed by atoms with Crippen molar-refractivity contribution in [2.45, 2.75) is 32.0 Å². The topological polar surface area (TPSA) is 54.7 Å². The molecule has 2 aliphatic rings. The molecule has 1 N–H and O–H groups in total. The number of ether oxygens (including phenoxy) is 1. The molecule has 2 aromatic carbocycles. The van der Waals surface area contributed by atoms with Crippen molar-refractivity contribution in [2.24, 2.45) is 0 Å². The summed E-state index contributed by atoms with van der Waals surface area (Å²) in [5.41, 5.74) is 4.15. The number of amides is 1. The van der Waals surface area contributed by atoms with Gasteiger partial charge in [-0.25, -0.2) is 0 Å². The van der Waals surface area contributed by atoms with Gasteiger partial charge in [0.25, 0.3) is 0 Å². The number of piperazine rings is 1. The average Bonchev–Trinajstić information content (AvgIpc) is 3.32. The molecule has 5 heteroatoms. The first-order chi connectivity index (χ1) is 13.1. The van der Waals surface area contributed by atoms with Gasteiger partial charge in [-0.2, -0.15) is 0 Å². The third-order valence-corrected chi connectivity index (χ3v) is 5.76. The molecule has 1 aromatic heterocycles. The van der Waals surface area contributed by atoms with Crippen LogP contribution < -0.4 is 10.1 Å². The molecule has 138 valence electrons. The number of carbonyl (C=O) groups excluding carboxylic acids is 1. The molecule has 0 aliphatic carbocycles. The largest absolute Gasteiger partial charge is 0.496 e. The maximum atomic E-state index is 12.0. The molecule has 3 aromatic rings. The Labute approximate surface area is 157 Å². The molecule has 1 amide bonds. The first-order valence-corrected chi connectivity index (χ1v) is 9.34. The first-order valence-electron chi connectivity index (χ1n) is 9.34. The van der Waals surface area contributed by atoms with Gasteiger partial charge < -0.3 is 14.5 Å². The Kier molecular flexibility index (Phi) is 3.72. The second kappa shape index (κ2) is 6.13. The van der Waals surface area contributed by atoms with Gasteiger partial charge in [0.1, 0.15) is 17.1 Å². The number of carbonyl (C=O) groups is 1. The number of methoxy groups -OCH3 is 1. The van der Waals surface area contributed by atoms with E-state index in [-0.39, 0.29) is 18.0 Å². The zero-order valence-electron chi connectivity index (χ0n) is 15.5. The quantitative estimate of drug-likeness (QED) is 0.772. The molecule has 27 heavy (non-hydrogen) atoms. The van der Waals surface area contributed by atoms with Crippen molar-refractivity contribution in [1.29, 1.82) is 0 Å². The van der Waals surface area contributed by atoms with Crippen LogP contribution in [0.4, 0.5) is 0 Å². The SMILES string of the molecule is COc1cc2c(-c3ccccc3)c(C)oc2cc1CN1C[C@@H]2C[C@H]1C(=O)N2. The predicted octanol–water partition coefficient (Wildman–Crippen LogP) is 3.49. The fraction of sp³-hybridized carbons (Fsp3) is 0.318. The first kappa shape index (κ1) is 16.4. The van der Waals surface area contributed by atoms with Crippen LogP contribution in [0.25, 0.3) is 22.1 Å². The molecule has 2 bridgehead atoms. The minimum Gasteiger partial charge on any atom is -0.496 e. The standard InChI is InChI=1S/C22H22N2O3/c1-13-21(14-6-4-3-5-7-14)17-10-19(26-2)15(8-20(17)27-13)11-24-12-16-9-18(24)22(25)23-16/h3-8,10,16,18H,9,11-12H2,1-2H3,(H,23,25)/t16-,18-/m0/s1. The van der Waals surface area contributed by atoms with E-state index in [0.29, 0.717) is 6.54 Å². The van der Waals surface area contributed by atoms with Gasteiger partial charge in [0.15, 0.2) is 0 Å². The Morgan fingerprint density at radius 2 is 2.07 bits per heavy atom. The molecule has 0 saturated carbocycles. The lowest BCUT2D eigenvalue weighted by Crippen LogP contribution is -2.47. The molecule has 2 fully saturated rings.